The first-order valence-electron chi connectivity index (χ1n) is 6.34. The first kappa shape index (κ1) is 17.3. The zero-order valence-electron chi connectivity index (χ0n) is 12.1. The van der Waals surface area contributed by atoms with E-state index in [1.165, 1.54) is 4.57 Å². The van der Waals surface area contributed by atoms with Crippen molar-refractivity contribution < 1.29 is 13.9 Å². The van der Waals surface area contributed by atoms with Crippen molar-refractivity contribution in [1.82, 2.24) is 4.57 Å². The number of benzene rings is 1. The Morgan fingerprint density at radius 3 is 2.27 bits per heavy atom. The van der Waals surface area contributed by atoms with Crippen LogP contribution in [0.4, 0.5) is 9.18 Å². The minimum absolute atomic E-state index is 0.111. The van der Waals surface area contributed by atoms with Crippen LogP contribution in [0, 0.1) is 5.82 Å². The molecule has 0 aliphatic carbocycles. The molecule has 0 spiro atoms. The fourth-order valence-corrected chi connectivity index (χ4v) is 2.95. The second-order valence-electron chi connectivity index (χ2n) is 5.64. The van der Waals surface area contributed by atoms with E-state index in [2.05, 4.69) is 15.9 Å². The van der Waals surface area contributed by atoms with Crippen LogP contribution in [-0.2, 0) is 4.74 Å². The highest BCUT2D eigenvalue weighted by Crippen LogP contribution is 2.37. The van der Waals surface area contributed by atoms with Crippen molar-refractivity contribution in [2.45, 2.75) is 26.4 Å². The predicted octanol–water partition coefficient (Wildman–Crippen LogP) is 6.15. The molecule has 0 bridgehead atoms. The monoisotopic (exact) mass is 407 g/mol. The molecule has 1 aromatic carbocycles. The molecule has 0 saturated heterocycles. The van der Waals surface area contributed by atoms with Gasteiger partial charge in [0.1, 0.15) is 11.4 Å². The number of ether oxygens (including phenoxy) is 1. The second kappa shape index (κ2) is 6.22. The van der Waals surface area contributed by atoms with Crippen LogP contribution in [0.2, 0.25) is 10.0 Å². The molecule has 22 heavy (non-hydrogen) atoms. The number of rotatable bonds is 1. The number of hydrogen-bond acceptors (Lipinski definition) is 2. The van der Waals surface area contributed by atoms with E-state index in [9.17, 15) is 9.18 Å². The Balaban J connectivity index is 2.57. The van der Waals surface area contributed by atoms with E-state index in [4.69, 9.17) is 27.9 Å². The molecule has 7 heteroatoms. The van der Waals surface area contributed by atoms with Crippen molar-refractivity contribution in [2.75, 3.05) is 0 Å². The van der Waals surface area contributed by atoms with E-state index in [0.29, 0.717) is 15.7 Å². The molecule has 2 aromatic rings. The smallest absolute Gasteiger partial charge is 0.419 e. The second-order valence-corrected chi connectivity index (χ2v) is 7.37. The molecule has 0 aliphatic heterocycles. The average molecular weight is 409 g/mol. The lowest BCUT2D eigenvalue weighted by molar-refractivity contribution is 0.0540. The van der Waals surface area contributed by atoms with Gasteiger partial charge in [-0.2, -0.15) is 0 Å². The van der Waals surface area contributed by atoms with Gasteiger partial charge in [-0.25, -0.2) is 9.18 Å². The van der Waals surface area contributed by atoms with Gasteiger partial charge in [0, 0.05) is 16.2 Å². The molecular formula is C15H13BrCl2FNO2. The topological polar surface area (TPSA) is 31.2 Å². The lowest BCUT2D eigenvalue weighted by atomic mass is 10.1. The van der Waals surface area contributed by atoms with E-state index in [1.807, 2.05) is 0 Å². The van der Waals surface area contributed by atoms with Gasteiger partial charge in [-0.1, -0.05) is 23.2 Å². The van der Waals surface area contributed by atoms with Crippen molar-refractivity contribution in [3.63, 3.8) is 0 Å². The molecule has 0 fully saturated rings. The van der Waals surface area contributed by atoms with Crippen molar-refractivity contribution in [3.05, 3.63) is 44.7 Å². The van der Waals surface area contributed by atoms with Crippen molar-refractivity contribution >= 4 is 45.2 Å². The van der Waals surface area contributed by atoms with Crippen LogP contribution in [0.3, 0.4) is 0 Å². The molecular weight excluding hydrogens is 396 g/mol. The normalized spacial score (nSPS) is 11.6. The van der Waals surface area contributed by atoms with Gasteiger partial charge >= 0.3 is 6.09 Å². The van der Waals surface area contributed by atoms with Crippen LogP contribution in [-0.4, -0.2) is 16.3 Å². The minimum atomic E-state index is -0.651. The maximum absolute atomic E-state index is 13.3. The van der Waals surface area contributed by atoms with E-state index >= 15 is 0 Å². The van der Waals surface area contributed by atoms with Crippen molar-refractivity contribution in [3.8, 4) is 11.3 Å². The van der Waals surface area contributed by atoms with Gasteiger partial charge in [-0.05, 0) is 54.9 Å². The number of carbonyl (C=O) groups is 1. The molecule has 118 valence electrons. The summed E-state index contributed by atoms with van der Waals surface area (Å²) in [6.45, 7) is 5.29. The maximum Gasteiger partial charge on any atom is 0.419 e. The molecule has 1 aromatic heterocycles. The Labute approximate surface area is 146 Å². The standard InChI is InChI=1S/C15H13BrCl2FNO2/c1-15(2,3)22-14(21)20-7-8(16)4-12(20)13-10(17)5-9(19)6-11(13)18/h4-7H,1-3H3. The Bertz CT molecular complexity index is 715. The average Bonchev–Trinajstić information content (AvgIpc) is 2.67. The highest BCUT2D eigenvalue weighted by molar-refractivity contribution is 9.10. The summed E-state index contributed by atoms with van der Waals surface area (Å²) in [4.78, 5) is 12.3. The summed E-state index contributed by atoms with van der Waals surface area (Å²) in [5.41, 5.74) is 0.124. The molecule has 0 atom stereocenters. The Morgan fingerprint density at radius 2 is 1.77 bits per heavy atom. The zero-order valence-corrected chi connectivity index (χ0v) is 15.2. The van der Waals surface area contributed by atoms with Crippen LogP contribution in [0.15, 0.2) is 28.9 Å². The van der Waals surface area contributed by atoms with Gasteiger partial charge in [0.2, 0.25) is 0 Å². The first-order chi connectivity index (χ1) is 10.1. The Morgan fingerprint density at radius 1 is 1.23 bits per heavy atom. The number of carbonyl (C=O) groups excluding carboxylic acids is 1. The van der Waals surface area contributed by atoms with Crippen LogP contribution < -0.4 is 0 Å². The summed E-state index contributed by atoms with van der Waals surface area (Å²) in [5, 5.41) is 0.223. The summed E-state index contributed by atoms with van der Waals surface area (Å²) in [6, 6.07) is 3.95. The third-order valence-electron chi connectivity index (χ3n) is 2.64. The van der Waals surface area contributed by atoms with Crippen molar-refractivity contribution in [1.29, 1.82) is 0 Å². The number of nitrogens with zero attached hydrogens (tertiary/aromatic N) is 1. The van der Waals surface area contributed by atoms with Crippen LogP contribution in [0.1, 0.15) is 20.8 Å². The van der Waals surface area contributed by atoms with Crippen molar-refractivity contribution in [2.24, 2.45) is 0 Å². The lowest BCUT2D eigenvalue weighted by Crippen LogP contribution is -2.27. The van der Waals surface area contributed by atoms with Crippen LogP contribution in [0.5, 0.6) is 0 Å². The largest absolute Gasteiger partial charge is 0.443 e. The molecule has 0 N–H and O–H groups in total. The lowest BCUT2D eigenvalue weighted by Gasteiger charge is -2.20. The Kier molecular flexibility index (Phi) is 4.90. The van der Waals surface area contributed by atoms with Gasteiger partial charge in [0.25, 0.3) is 0 Å². The summed E-state index contributed by atoms with van der Waals surface area (Å²) in [7, 11) is 0. The van der Waals surface area contributed by atoms with Gasteiger partial charge < -0.3 is 4.74 Å². The molecule has 0 aliphatic rings. The summed E-state index contributed by atoms with van der Waals surface area (Å²) in [5.74, 6) is -0.548. The van der Waals surface area contributed by atoms with Gasteiger partial charge in [0.05, 0.1) is 15.7 Å². The molecule has 0 saturated carbocycles. The summed E-state index contributed by atoms with van der Waals surface area (Å²) < 4.78 is 20.6. The molecule has 0 radical (unpaired) electrons. The van der Waals surface area contributed by atoms with Gasteiger partial charge in [-0.15, -0.1) is 0 Å². The van der Waals surface area contributed by atoms with Crippen LogP contribution >= 0.6 is 39.1 Å². The quantitative estimate of drug-likeness (QED) is 0.566. The van der Waals surface area contributed by atoms with Crippen LogP contribution in [0.25, 0.3) is 11.3 Å². The Hall–Kier alpha value is -1.04. The number of hydrogen-bond donors (Lipinski definition) is 0. The predicted molar refractivity (Wildman–Crippen MR) is 89.2 cm³/mol. The van der Waals surface area contributed by atoms with E-state index in [-0.39, 0.29) is 10.0 Å². The third kappa shape index (κ3) is 3.83. The summed E-state index contributed by atoms with van der Waals surface area (Å²) >= 11 is 15.5. The highest BCUT2D eigenvalue weighted by Gasteiger charge is 2.23. The molecule has 1 heterocycles. The van der Waals surface area contributed by atoms with Gasteiger partial charge in [-0.3, -0.25) is 4.57 Å². The fourth-order valence-electron chi connectivity index (χ4n) is 1.87. The zero-order chi connectivity index (χ0) is 16.7. The maximum atomic E-state index is 13.3. The third-order valence-corrected chi connectivity index (χ3v) is 3.67. The molecule has 2 rings (SSSR count). The molecule has 3 nitrogen and oxygen atoms in total. The molecule has 0 amide bonds. The SMILES string of the molecule is CC(C)(C)OC(=O)n1cc(Br)cc1-c1c(Cl)cc(F)cc1Cl. The van der Waals surface area contributed by atoms with E-state index in [1.54, 1.807) is 33.0 Å². The first-order valence-corrected chi connectivity index (χ1v) is 7.89. The fraction of sp³-hybridized carbons (Fsp3) is 0.267. The summed E-state index contributed by atoms with van der Waals surface area (Å²) in [6.07, 6.45) is 0.962. The highest BCUT2D eigenvalue weighted by atomic mass is 79.9. The van der Waals surface area contributed by atoms with Gasteiger partial charge in [0.15, 0.2) is 0 Å². The number of halogens is 4. The minimum Gasteiger partial charge on any atom is -0.443 e. The number of aromatic nitrogens is 1. The van der Waals surface area contributed by atoms with E-state index < -0.39 is 17.5 Å². The van der Waals surface area contributed by atoms with E-state index in [0.717, 1.165) is 12.1 Å². The molecule has 0 unspecified atom stereocenters.